The van der Waals surface area contributed by atoms with Crippen LogP contribution in [0.2, 0.25) is 0 Å². The normalized spacial score (nSPS) is 13.2. The van der Waals surface area contributed by atoms with Crippen molar-refractivity contribution in [2.45, 2.75) is 20.0 Å². The Morgan fingerprint density at radius 2 is 2.23 bits per heavy atom. The number of hydrogen-bond donors (Lipinski definition) is 1. The fourth-order valence-electron chi connectivity index (χ4n) is 1.23. The minimum absolute atomic E-state index is 0.145. The molecule has 0 aliphatic heterocycles. The smallest absolute Gasteiger partial charge is 0.250 e. The molecule has 1 aromatic rings. The van der Waals surface area contributed by atoms with Crippen LogP contribution in [0, 0.1) is 5.92 Å². The molecule has 0 bridgehead atoms. The molecule has 1 atom stereocenters. The van der Waals surface area contributed by atoms with E-state index in [2.05, 4.69) is 9.97 Å². The summed E-state index contributed by atoms with van der Waals surface area (Å²) in [6.45, 7) is 4.03. The van der Waals surface area contributed by atoms with Gasteiger partial charge in [0.2, 0.25) is 0 Å². The van der Waals surface area contributed by atoms with Crippen molar-refractivity contribution in [2.24, 2.45) is 5.92 Å². The Bertz CT molecular complexity index is 319. The highest BCUT2D eigenvalue weighted by Gasteiger charge is 2.16. The molecule has 1 heterocycles. The van der Waals surface area contributed by atoms with Gasteiger partial charge in [-0.3, -0.25) is 4.79 Å². The fourth-order valence-corrected chi connectivity index (χ4v) is 1.23. The molecule has 72 valence electrons. The van der Waals surface area contributed by atoms with Crippen LogP contribution in [0.25, 0.3) is 0 Å². The summed E-state index contributed by atoms with van der Waals surface area (Å²) >= 11 is 0. The van der Waals surface area contributed by atoms with Crippen molar-refractivity contribution in [2.75, 3.05) is 7.11 Å². The Morgan fingerprint density at radius 1 is 1.54 bits per heavy atom. The van der Waals surface area contributed by atoms with Gasteiger partial charge in [0.05, 0.1) is 0 Å². The van der Waals surface area contributed by atoms with Crippen LogP contribution in [-0.2, 0) is 4.74 Å². The van der Waals surface area contributed by atoms with Gasteiger partial charge in [-0.25, -0.2) is 4.98 Å². The number of hydrogen-bond acceptors (Lipinski definition) is 3. The van der Waals surface area contributed by atoms with Gasteiger partial charge in [0.25, 0.3) is 5.56 Å². The Labute approximate surface area is 77.0 Å². The van der Waals surface area contributed by atoms with E-state index in [1.807, 2.05) is 13.8 Å². The zero-order valence-electron chi connectivity index (χ0n) is 8.07. The SMILES string of the molecule is COC(c1nccc(=O)[nH]1)C(C)C. The summed E-state index contributed by atoms with van der Waals surface area (Å²) in [6, 6.07) is 1.39. The minimum Gasteiger partial charge on any atom is -0.373 e. The summed E-state index contributed by atoms with van der Waals surface area (Å²) in [5.41, 5.74) is -0.146. The highest BCUT2D eigenvalue weighted by Crippen LogP contribution is 2.20. The summed E-state index contributed by atoms with van der Waals surface area (Å²) < 4.78 is 5.22. The predicted octanol–water partition coefficient (Wildman–Crippen LogP) is 1.11. The van der Waals surface area contributed by atoms with Crippen LogP contribution in [0.4, 0.5) is 0 Å². The third kappa shape index (κ3) is 2.39. The molecule has 1 N–H and O–H groups in total. The average molecular weight is 182 g/mol. The van der Waals surface area contributed by atoms with E-state index < -0.39 is 0 Å². The molecule has 0 fully saturated rings. The third-order valence-electron chi connectivity index (χ3n) is 1.82. The minimum atomic E-state index is -0.146. The van der Waals surface area contributed by atoms with Crippen LogP contribution in [0.3, 0.4) is 0 Å². The van der Waals surface area contributed by atoms with E-state index in [0.717, 1.165) is 0 Å². The van der Waals surface area contributed by atoms with Gasteiger partial charge in [-0.1, -0.05) is 13.8 Å². The Balaban J connectivity index is 2.98. The number of H-pyrrole nitrogens is 1. The molecule has 4 heteroatoms. The second-order valence-corrected chi connectivity index (χ2v) is 3.22. The zero-order chi connectivity index (χ0) is 9.84. The number of nitrogens with zero attached hydrogens (tertiary/aromatic N) is 1. The fraction of sp³-hybridized carbons (Fsp3) is 0.556. The van der Waals surface area contributed by atoms with Gasteiger partial charge in [0.1, 0.15) is 11.9 Å². The lowest BCUT2D eigenvalue weighted by Crippen LogP contribution is -2.17. The van der Waals surface area contributed by atoms with Crippen LogP contribution < -0.4 is 5.56 Å². The largest absolute Gasteiger partial charge is 0.373 e. The molecular formula is C9H14N2O2. The average Bonchev–Trinajstić information content (AvgIpc) is 2.04. The van der Waals surface area contributed by atoms with Crippen molar-refractivity contribution < 1.29 is 4.74 Å². The van der Waals surface area contributed by atoms with Crippen molar-refractivity contribution in [1.29, 1.82) is 0 Å². The summed E-state index contributed by atoms with van der Waals surface area (Å²) in [7, 11) is 1.61. The van der Waals surface area contributed by atoms with E-state index in [9.17, 15) is 4.79 Å². The molecular weight excluding hydrogens is 168 g/mol. The quantitative estimate of drug-likeness (QED) is 0.761. The van der Waals surface area contributed by atoms with Gasteiger partial charge >= 0.3 is 0 Å². The Hall–Kier alpha value is -1.16. The number of nitrogens with one attached hydrogen (secondary N) is 1. The molecule has 13 heavy (non-hydrogen) atoms. The monoisotopic (exact) mass is 182 g/mol. The van der Waals surface area contributed by atoms with E-state index in [4.69, 9.17) is 4.74 Å². The van der Waals surface area contributed by atoms with Gasteiger partial charge in [-0.2, -0.15) is 0 Å². The lowest BCUT2D eigenvalue weighted by atomic mass is 10.1. The molecule has 1 unspecified atom stereocenters. The van der Waals surface area contributed by atoms with E-state index in [1.165, 1.54) is 12.3 Å². The standard InChI is InChI=1S/C9H14N2O2/c1-6(2)8(13-3)9-10-5-4-7(12)11-9/h4-6,8H,1-3H3,(H,10,11,12). The van der Waals surface area contributed by atoms with Crippen LogP contribution >= 0.6 is 0 Å². The summed E-state index contributed by atoms with van der Waals surface area (Å²) in [6.07, 6.45) is 1.34. The molecule has 0 amide bonds. The molecule has 4 nitrogen and oxygen atoms in total. The molecule has 0 aliphatic rings. The highest BCUT2D eigenvalue weighted by atomic mass is 16.5. The summed E-state index contributed by atoms with van der Waals surface area (Å²) in [4.78, 5) is 17.7. The highest BCUT2D eigenvalue weighted by molar-refractivity contribution is 4.94. The van der Waals surface area contributed by atoms with Crippen molar-refractivity contribution >= 4 is 0 Å². The number of aromatic amines is 1. The van der Waals surface area contributed by atoms with Crippen molar-refractivity contribution in [3.05, 3.63) is 28.4 Å². The van der Waals surface area contributed by atoms with Gasteiger partial charge in [-0.15, -0.1) is 0 Å². The molecule has 0 spiro atoms. The maximum atomic E-state index is 11.0. The first kappa shape index (κ1) is 9.92. The van der Waals surface area contributed by atoms with Gasteiger partial charge in [-0.05, 0) is 5.92 Å². The summed E-state index contributed by atoms with van der Waals surface area (Å²) in [5.74, 6) is 0.876. The second kappa shape index (κ2) is 4.18. The topological polar surface area (TPSA) is 55.0 Å². The first-order chi connectivity index (χ1) is 6.15. The van der Waals surface area contributed by atoms with E-state index in [-0.39, 0.29) is 17.6 Å². The molecule has 0 saturated heterocycles. The number of rotatable bonds is 3. The molecule has 1 rings (SSSR count). The predicted molar refractivity (Wildman–Crippen MR) is 49.4 cm³/mol. The molecule has 1 aromatic heterocycles. The van der Waals surface area contributed by atoms with E-state index in [1.54, 1.807) is 7.11 Å². The lowest BCUT2D eigenvalue weighted by molar-refractivity contribution is 0.0572. The maximum absolute atomic E-state index is 11.0. The van der Waals surface area contributed by atoms with Crippen LogP contribution in [0.15, 0.2) is 17.1 Å². The Morgan fingerprint density at radius 3 is 2.69 bits per heavy atom. The van der Waals surface area contributed by atoms with Crippen molar-refractivity contribution in [3.8, 4) is 0 Å². The van der Waals surface area contributed by atoms with Crippen LogP contribution in [0.5, 0.6) is 0 Å². The summed E-state index contributed by atoms with van der Waals surface area (Å²) in [5, 5.41) is 0. The van der Waals surface area contributed by atoms with Crippen molar-refractivity contribution in [1.82, 2.24) is 9.97 Å². The maximum Gasteiger partial charge on any atom is 0.250 e. The van der Waals surface area contributed by atoms with Crippen LogP contribution in [-0.4, -0.2) is 17.1 Å². The number of aromatic nitrogens is 2. The molecule has 0 aromatic carbocycles. The van der Waals surface area contributed by atoms with E-state index >= 15 is 0 Å². The second-order valence-electron chi connectivity index (χ2n) is 3.22. The first-order valence-corrected chi connectivity index (χ1v) is 4.23. The molecule has 0 aliphatic carbocycles. The number of ether oxygens (including phenoxy) is 1. The molecule has 0 radical (unpaired) electrons. The molecule has 0 saturated carbocycles. The van der Waals surface area contributed by atoms with Gasteiger partial charge < -0.3 is 9.72 Å². The van der Waals surface area contributed by atoms with Gasteiger partial charge in [0.15, 0.2) is 0 Å². The van der Waals surface area contributed by atoms with Gasteiger partial charge in [0, 0.05) is 19.4 Å². The number of methoxy groups -OCH3 is 1. The van der Waals surface area contributed by atoms with Crippen LogP contribution in [0.1, 0.15) is 25.8 Å². The Kier molecular flexibility index (Phi) is 3.19. The van der Waals surface area contributed by atoms with E-state index in [0.29, 0.717) is 5.82 Å². The third-order valence-corrected chi connectivity index (χ3v) is 1.82. The first-order valence-electron chi connectivity index (χ1n) is 4.23. The van der Waals surface area contributed by atoms with Crippen molar-refractivity contribution in [3.63, 3.8) is 0 Å². The lowest BCUT2D eigenvalue weighted by Gasteiger charge is -2.17. The zero-order valence-corrected chi connectivity index (χ0v) is 8.07.